The SMILES string of the molecule is COC(=O)C(C)C(CC(C)C)NNC(=O)c1ccccc1. The summed E-state index contributed by atoms with van der Waals surface area (Å²) in [7, 11) is 1.37. The molecule has 0 bridgehead atoms. The highest BCUT2D eigenvalue weighted by atomic mass is 16.5. The Kier molecular flexibility index (Phi) is 6.88. The maximum absolute atomic E-state index is 12.0. The van der Waals surface area contributed by atoms with Crippen molar-refractivity contribution >= 4 is 11.9 Å². The fourth-order valence-electron chi connectivity index (χ4n) is 2.07. The molecule has 0 aromatic heterocycles. The van der Waals surface area contributed by atoms with Crippen molar-refractivity contribution in [2.24, 2.45) is 11.8 Å². The first kappa shape index (κ1) is 17.2. The Labute approximate surface area is 126 Å². The molecule has 1 amide bonds. The maximum Gasteiger partial charge on any atom is 0.310 e. The molecule has 1 rings (SSSR count). The van der Waals surface area contributed by atoms with Crippen LogP contribution in [0.3, 0.4) is 0 Å². The second kappa shape index (κ2) is 8.42. The number of carbonyl (C=O) groups is 2. The molecule has 116 valence electrons. The van der Waals surface area contributed by atoms with E-state index in [0.717, 1.165) is 6.42 Å². The van der Waals surface area contributed by atoms with Crippen LogP contribution in [0.5, 0.6) is 0 Å². The molecule has 0 fully saturated rings. The van der Waals surface area contributed by atoms with E-state index < -0.39 is 0 Å². The minimum Gasteiger partial charge on any atom is -0.469 e. The van der Waals surface area contributed by atoms with E-state index in [-0.39, 0.29) is 23.8 Å². The van der Waals surface area contributed by atoms with E-state index in [4.69, 9.17) is 4.74 Å². The smallest absolute Gasteiger partial charge is 0.310 e. The van der Waals surface area contributed by atoms with Crippen LogP contribution in [0.25, 0.3) is 0 Å². The second-order valence-corrected chi connectivity index (χ2v) is 5.51. The van der Waals surface area contributed by atoms with E-state index >= 15 is 0 Å². The lowest BCUT2D eigenvalue weighted by molar-refractivity contribution is -0.146. The molecule has 0 spiro atoms. The van der Waals surface area contributed by atoms with Crippen molar-refractivity contribution in [2.45, 2.75) is 33.2 Å². The van der Waals surface area contributed by atoms with Gasteiger partial charge in [0.25, 0.3) is 5.91 Å². The zero-order chi connectivity index (χ0) is 15.8. The van der Waals surface area contributed by atoms with Crippen molar-refractivity contribution < 1.29 is 14.3 Å². The minimum atomic E-state index is -0.339. The van der Waals surface area contributed by atoms with Crippen LogP contribution in [-0.4, -0.2) is 25.0 Å². The lowest BCUT2D eigenvalue weighted by Gasteiger charge is -2.25. The van der Waals surface area contributed by atoms with Crippen molar-refractivity contribution in [3.63, 3.8) is 0 Å². The predicted octanol–water partition coefficient (Wildman–Crippen LogP) is 2.14. The van der Waals surface area contributed by atoms with Gasteiger partial charge in [0.1, 0.15) is 0 Å². The first-order valence-corrected chi connectivity index (χ1v) is 7.14. The Balaban J connectivity index is 2.65. The third kappa shape index (κ3) is 5.55. The normalized spacial score (nSPS) is 13.6. The van der Waals surface area contributed by atoms with Crippen LogP contribution in [0.4, 0.5) is 0 Å². The predicted molar refractivity (Wildman–Crippen MR) is 81.5 cm³/mol. The molecule has 0 heterocycles. The molecule has 0 aliphatic heterocycles. The van der Waals surface area contributed by atoms with Gasteiger partial charge in [0.05, 0.1) is 13.0 Å². The van der Waals surface area contributed by atoms with Crippen molar-refractivity contribution in [1.82, 2.24) is 10.9 Å². The zero-order valence-electron chi connectivity index (χ0n) is 13.1. The molecule has 1 aromatic rings. The van der Waals surface area contributed by atoms with Gasteiger partial charge in [-0.15, -0.1) is 0 Å². The summed E-state index contributed by atoms with van der Waals surface area (Å²) in [5.41, 5.74) is 6.20. The summed E-state index contributed by atoms with van der Waals surface area (Å²) >= 11 is 0. The van der Waals surface area contributed by atoms with E-state index in [1.165, 1.54) is 7.11 Å². The number of carbonyl (C=O) groups excluding carboxylic acids is 2. The minimum absolute atomic E-state index is 0.176. The molecule has 0 aliphatic carbocycles. The fraction of sp³-hybridized carbons (Fsp3) is 0.500. The molecule has 2 N–H and O–H groups in total. The van der Waals surface area contributed by atoms with Crippen molar-refractivity contribution in [3.05, 3.63) is 35.9 Å². The van der Waals surface area contributed by atoms with Gasteiger partial charge in [-0.1, -0.05) is 39.0 Å². The largest absolute Gasteiger partial charge is 0.469 e. The van der Waals surface area contributed by atoms with Gasteiger partial charge in [0.2, 0.25) is 0 Å². The van der Waals surface area contributed by atoms with Crippen molar-refractivity contribution in [1.29, 1.82) is 0 Å². The lowest BCUT2D eigenvalue weighted by atomic mass is 9.94. The molecule has 5 nitrogen and oxygen atoms in total. The molecule has 0 radical (unpaired) electrons. The van der Waals surface area contributed by atoms with Crippen LogP contribution in [0.15, 0.2) is 30.3 Å². The highest BCUT2D eigenvalue weighted by Crippen LogP contribution is 2.14. The number of ether oxygens (including phenoxy) is 1. The van der Waals surface area contributed by atoms with Crippen LogP contribution in [0.1, 0.15) is 37.6 Å². The monoisotopic (exact) mass is 292 g/mol. The Morgan fingerprint density at radius 2 is 1.76 bits per heavy atom. The van der Waals surface area contributed by atoms with Gasteiger partial charge >= 0.3 is 5.97 Å². The lowest BCUT2D eigenvalue weighted by Crippen LogP contribution is -2.49. The van der Waals surface area contributed by atoms with E-state index in [1.54, 1.807) is 31.2 Å². The zero-order valence-corrected chi connectivity index (χ0v) is 13.1. The average Bonchev–Trinajstić information content (AvgIpc) is 2.50. The average molecular weight is 292 g/mol. The molecular weight excluding hydrogens is 268 g/mol. The summed E-state index contributed by atoms with van der Waals surface area (Å²) in [6.45, 7) is 5.93. The number of methoxy groups -OCH3 is 1. The number of rotatable bonds is 7. The number of hydrazine groups is 1. The Morgan fingerprint density at radius 3 is 2.29 bits per heavy atom. The first-order valence-electron chi connectivity index (χ1n) is 7.14. The summed E-state index contributed by atoms with van der Waals surface area (Å²) in [5.74, 6) is -0.458. The molecule has 1 aromatic carbocycles. The molecular formula is C16H24N2O3. The third-order valence-electron chi connectivity index (χ3n) is 3.31. The standard InChI is InChI=1S/C16H24N2O3/c1-11(2)10-14(12(3)16(20)21-4)17-18-15(19)13-8-6-5-7-9-13/h5-9,11-12,14,17H,10H2,1-4H3,(H,18,19). The van der Waals surface area contributed by atoms with Crippen LogP contribution in [0.2, 0.25) is 0 Å². The summed E-state index contributed by atoms with van der Waals surface area (Å²) in [6, 6.07) is 8.75. The van der Waals surface area contributed by atoms with Gasteiger partial charge in [-0.2, -0.15) is 0 Å². The van der Waals surface area contributed by atoms with E-state index in [9.17, 15) is 9.59 Å². The molecule has 2 unspecified atom stereocenters. The number of benzene rings is 1. The highest BCUT2D eigenvalue weighted by Gasteiger charge is 2.25. The van der Waals surface area contributed by atoms with Gasteiger partial charge in [-0.25, -0.2) is 5.43 Å². The maximum atomic E-state index is 12.0. The number of esters is 1. The van der Waals surface area contributed by atoms with Crippen LogP contribution in [0, 0.1) is 11.8 Å². The first-order chi connectivity index (χ1) is 9.95. The van der Waals surface area contributed by atoms with Gasteiger partial charge in [-0.05, 0) is 24.5 Å². The summed E-state index contributed by atoms with van der Waals surface area (Å²) < 4.78 is 4.77. The van der Waals surface area contributed by atoms with Crippen molar-refractivity contribution in [2.75, 3.05) is 7.11 Å². The Morgan fingerprint density at radius 1 is 1.14 bits per heavy atom. The number of nitrogens with one attached hydrogen (secondary N) is 2. The molecule has 0 saturated heterocycles. The van der Waals surface area contributed by atoms with Crippen LogP contribution < -0.4 is 10.9 Å². The molecule has 0 saturated carbocycles. The van der Waals surface area contributed by atoms with Gasteiger partial charge < -0.3 is 4.74 Å². The Hall–Kier alpha value is -1.88. The summed E-state index contributed by atoms with van der Waals surface area (Å²) in [5, 5.41) is 0. The summed E-state index contributed by atoms with van der Waals surface area (Å²) in [4.78, 5) is 23.7. The molecule has 21 heavy (non-hydrogen) atoms. The topological polar surface area (TPSA) is 67.4 Å². The fourth-order valence-corrected chi connectivity index (χ4v) is 2.07. The Bertz CT molecular complexity index is 460. The van der Waals surface area contributed by atoms with Gasteiger partial charge in [0.15, 0.2) is 0 Å². The quantitative estimate of drug-likeness (QED) is 0.597. The van der Waals surface area contributed by atoms with Crippen LogP contribution in [-0.2, 0) is 9.53 Å². The van der Waals surface area contributed by atoms with Crippen molar-refractivity contribution in [3.8, 4) is 0 Å². The highest BCUT2D eigenvalue weighted by molar-refractivity contribution is 5.93. The molecule has 0 aliphatic rings. The number of amides is 1. The van der Waals surface area contributed by atoms with E-state index in [0.29, 0.717) is 11.5 Å². The number of hydrogen-bond donors (Lipinski definition) is 2. The third-order valence-corrected chi connectivity index (χ3v) is 3.31. The number of hydrogen-bond acceptors (Lipinski definition) is 4. The molecule has 2 atom stereocenters. The molecule has 5 heteroatoms. The van der Waals surface area contributed by atoms with Gasteiger partial charge in [0, 0.05) is 11.6 Å². The van der Waals surface area contributed by atoms with E-state index in [1.807, 2.05) is 6.07 Å². The second-order valence-electron chi connectivity index (χ2n) is 5.51. The van der Waals surface area contributed by atoms with Crippen LogP contribution >= 0.6 is 0 Å². The van der Waals surface area contributed by atoms with Gasteiger partial charge in [-0.3, -0.25) is 15.0 Å². The van der Waals surface area contributed by atoms with E-state index in [2.05, 4.69) is 24.7 Å². The summed E-state index contributed by atoms with van der Waals surface area (Å²) in [6.07, 6.45) is 0.755.